The van der Waals surface area contributed by atoms with Crippen molar-refractivity contribution < 1.29 is 17.6 Å². The molecule has 3 aromatic rings. The smallest absolute Gasteiger partial charge is 0.302 e. The van der Waals surface area contributed by atoms with Gasteiger partial charge in [-0.3, -0.25) is 0 Å². The summed E-state index contributed by atoms with van der Waals surface area (Å²) in [5, 5.41) is 4.00. The Hall–Kier alpha value is -2.23. The van der Waals surface area contributed by atoms with E-state index in [0.29, 0.717) is 22.5 Å². The van der Waals surface area contributed by atoms with Crippen LogP contribution in [0.4, 0.5) is 19.0 Å². The number of rotatable bonds is 10. The summed E-state index contributed by atoms with van der Waals surface area (Å²) in [6, 6.07) is 7.16. The molecular weight excluding hydrogens is 505 g/mol. The fraction of sp³-hybridized carbons (Fsp3) is 0.500. The van der Waals surface area contributed by atoms with E-state index >= 15 is 13.2 Å². The van der Waals surface area contributed by atoms with Crippen molar-refractivity contribution in [3.8, 4) is 0 Å². The fourth-order valence-corrected chi connectivity index (χ4v) is 7.84. The first kappa shape index (κ1) is 28.3. The number of alkyl halides is 2. The molecule has 5 nitrogen and oxygen atoms in total. The molecule has 0 radical (unpaired) electrons. The molecule has 36 heavy (non-hydrogen) atoms. The summed E-state index contributed by atoms with van der Waals surface area (Å²) in [5.74, 6) is -3.62. The Morgan fingerprint density at radius 3 is 2.36 bits per heavy atom. The Bertz CT molecular complexity index is 1230. The predicted molar refractivity (Wildman–Crippen MR) is 142 cm³/mol. The molecule has 0 bridgehead atoms. The van der Waals surface area contributed by atoms with E-state index in [1.807, 2.05) is 20.8 Å². The van der Waals surface area contributed by atoms with Crippen molar-refractivity contribution in [1.82, 2.24) is 15.0 Å². The summed E-state index contributed by atoms with van der Waals surface area (Å²) in [6.07, 6.45) is 1.53. The van der Waals surface area contributed by atoms with Gasteiger partial charge < -0.3 is 9.74 Å². The van der Waals surface area contributed by atoms with Gasteiger partial charge in [-0.1, -0.05) is 44.5 Å². The topological polar surface area (TPSA) is 59.9 Å². The average Bonchev–Trinajstić information content (AvgIpc) is 2.82. The van der Waals surface area contributed by atoms with Crippen LogP contribution >= 0.6 is 11.6 Å². The molecule has 2 heterocycles. The monoisotopic (exact) mass is 538 g/mol. The Morgan fingerprint density at radius 2 is 1.75 bits per heavy atom. The second kappa shape index (κ2) is 10.6. The third-order valence-electron chi connectivity index (χ3n) is 7.01. The Labute approximate surface area is 217 Å². The van der Waals surface area contributed by atoms with Gasteiger partial charge in [0, 0.05) is 10.9 Å². The fourth-order valence-electron chi connectivity index (χ4n) is 4.54. The van der Waals surface area contributed by atoms with E-state index in [9.17, 15) is 0 Å². The molecule has 0 aliphatic carbocycles. The molecule has 0 spiro atoms. The van der Waals surface area contributed by atoms with Gasteiger partial charge in [0.05, 0.1) is 23.3 Å². The van der Waals surface area contributed by atoms with E-state index in [2.05, 4.69) is 20.3 Å². The summed E-state index contributed by atoms with van der Waals surface area (Å²) in [4.78, 5) is 12.8. The predicted octanol–water partition coefficient (Wildman–Crippen LogP) is 8.19. The molecule has 196 valence electrons. The molecule has 1 atom stereocenters. The highest BCUT2D eigenvalue weighted by atomic mass is 35.5. The first-order chi connectivity index (χ1) is 16.8. The van der Waals surface area contributed by atoms with Crippen LogP contribution in [0.25, 0.3) is 10.9 Å². The highest BCUT2D eigenvalue weighted by Crippen LogP contribution is 2.46. The lowest BCUT2D eigenvalue weighted by molar-refractivity contribution is -0.161. The number of nitrogens with zero attached hydrogens (tertiary/aromatic N) is 3. The van der Waals surface area contributed by atoms with Crippen LogP contribution in [-0.2, 0) is 10.3 Å². The van der Waals surface area contributed by atoms with E-state index in [1.165, 1.54) is 32.2 Å². The molecule has 0 saturated carbocycles. The van der Waals surface area contributed by atoms with Gasteiger partial charge in [0.25, 0.3) is 0 Å². The highest BCUT2D eigenvalue weighted by Gasteiger charge is 2.54. The van der Waals surface area contributed by atoms with E-state index in [0.717, 1.165) is 24.2 Å². The van der Waals surface area contributed by atoms with E-state index in [-0.39, 0.29) is 10.7 Å². The second-order valence-electron chi connectivity index (χ2n) is 9.65. The molecule has 1 unspecified atom stereocenters. The van der Waals surface area contributed by atoms with Crippen LogP contribution in [0.5, 0.6) is 0 Å². The summed E-state index contributed by atoms with van der Waals surface area (Å²) >= 11 is 6.05. The largest absolute Gasteiger partial charge is 0.405 e. The number of aryl methyl sites for hydroxylation is 1. The summed E-state index contributed by atoms with van der Waals surface area (Å²) in [6.45, 7) is 12.1. The molecule has 0 aliphatic rings. The molecular formula is C26H34ClF3N4OSi. The van der Waals surface area contributed by atoms with Crippen LogP contribution < -0.4 is 5.32 Å². The minimum atomic E-state index is -3.55. The molecule has 0 saturated heterocycles. The van der Waals surface area contributed by atoms with Gasteiger partial charge in [-0.2, -0.15) is 8.78 Å². The molecule has 0 amide bonds. The van der Waals surface area contributed by atoms with Gasteiger partial charge in [0.15, 0.2) is 8.32 Å². The van der Waals surface area contributed by atoms with Crippen LogP contribution in [0.15, 0.2) is 30.5 Å². The standard InChI is InChI=1S/C26H34ClF3N4OSi/c1-8-36(9-2,10-3)35-25(6,7)26(29,30)20-13-11-12-18(23(20)28)16(4)32-24-19-14-22(27)31-15-21(19)33-17(5)34-24/h11-16H,8-10H2,1-7H3,(H,32,33,34). The van der Waals surface area contributed by atoms with Crippen molar-refractivity contribution in [2.75, 3.05) is 5.32 Å². The number of nitrogens with one attached hydrogen (secondary N) is 1. The summed E-state index contributed by atoms with van der Waals surface area (Å²) in [7, 11) is -2.38. The number of hydrogen-bond donors (Lipinski definition) is 1. The van der Waals surface area contributed by atoms with Gasteiger partial charge in [0.2, 0.25) is 0 Å². The molecule has 3 rings (SSSR count). The average molecular weight is 539 g/mol. The zero-order chi connectivity index (χ0) is 26.9. The van der Waals surface area contributed by atoms with Crippen LogP contribution in [0.2, 0.25) is 23.3 Å². The lowest BCUT2D eigenvalue weighted by Crippen LogP contribution is -2.52. The summed E-state index contributed by atoms with van der Waals surface area (Å²) < 4.78 is 53.8. The first-order valence-electron chi connectivity index (χ1n) is 12.2. The number of fused-ring (bicyclic) bond motifs is 1. The lowest BCUT2D eigenvalue weighted by Gasteiger charge is -2.42. The summed E-state index contributed by atoms with van der Waals surface area (Å²) in [5.41, 5.74) is -1.89. The molecule has 2 aromatic heterocycles. The van der Waals surface area contributed by atoms with E-state index in [1.54, 1.807) is 19.9 Å². The van der Waals surface area contributed by atoms with Gasteiger partial charge in [-0.05, 0) is 58.0 Å². The second-order valence-corrected chi connectivity index (χ2v) is 14.7. The third kappa shape index (κ3) is 5.38. The van der Waals surface area contributed by atoms with Crippen molar-refractivity contribution in [2.45, 2.75) is 84.2 Å². The molecule has 10 heteroatoms. The molecule has 0 aliphatic heterocycles. The van der Waals surface area contributed by atoms with Crippen LogP contribution in [0.3, 0.4) is 0 Å². The van der Waals surface area contributed by atoms with Crippen LogP contribution in [0, 0.1) is 12.7 Å². The zero-order valence-electron chi connectivity index (χ0n) is 21.8. The SMILES string of the molecule is CC[Si](CC)(CC)OC(C)(C)C(F)(F)c1cccc(C(C)Nc2nc(C)nc3cnc(Cl)cc23)c1F. The van der Waals surface area contributed by atoms with Crippen molar-refractivity contribution in [2.24, 2.45) is 0 Å². The molecule has 0 fully saturated rings. The number of anilines is 1. The number of benzene rings is 1. The highest BCUT2D eigenvalue weighted by molar-refractivity contribution is 6.73. The number of halogens is 4. The van der Waals surface area contributed by atoms with E-state index in [4.69, 9.17) is 16.0 Å². The van der Waals surface area contributed by atoms with Gasteiger partial charge in [-0.15, -0.1) is 0 Å². The normalized spacial score (nSPS) is 13.8. The van der Waals surface area contributed by atoms with Crippen LogP contribution in [-0.4, -0.2) is 28.9 Å². The molecule has 1 N–H and O–H groups in total. The maximum absolute atomic E-state index is 15.9. The Kier molecular flexibility index (Phi) is 8.37. The van der Waals surface area contributed by atoms with Crippen molar-refractivity contribution in [3.63, 3.8) is 0 Å². The number of hydrogen-bond acceptors (Lipinski definition) is 5. The minimum Gasteiger partial charge on any atom is -0.405 e. The van der Waals surface area contributed by atoms with E-state index < -0.39 is 37.3 Å². The van der Waals surface area contributed by atoms with Gasteiger partial charge in [-0.25, -0.2) is 19.3 Å². The maximum Gasteiger partial charge on any atom is 0.302 e. The van der Waals surface area contributed by atoms with Crippen molar-refractivity contribution in [1.29, 1.82) is 0 Å². The van der Waals surface area contributed by atoms with Gasteiger partial charge in [0.1, 0.15) is 28.2 Å². The van der Waals surface area contributed by atoms with Gasteiger partial charge >= 0.3 is 5.92 Å². The molecule has 1 aromatic carbocycles. The Morgan fingerprint density at radius 1 is 1.11 bits per heavy atom. The maximum atomic E-state index is 15.9. The Balaban J connectivity index is 1.99. The minimum absolute atomic E-state index is 0.0949. The van der Waals surface area contributed by atoms with Crippen molar-refractivity contribution in [3.05, 3.63) is 58.4 Å². The zero-order valence-corrected chi connectivity index (χ0v) is 23.6. The quantitative estimate of drug-likeness (QED) is 0.208. The third-order valence-corrected chi connectivity index (χ3v) is 12.0. The lowest BCUT2D eigenvalue weighted by atomic mass is 9.91. The number of aromatic nitrogens is 3. The van der Waals surface area contributed by atoms with Crippen molar-refractivity contribution >= 4 is 36.6 Å². The van der Waals surface area contributed by atoms with Crippen LogP contribution in [0.1, 0.15) is 64.5 Å². The first-order valence-corrected chi connectivity index (χ1v) is 15.1. The number of pyridine rings is 1.